The molecule has 2 aromatic carbocycles. The molecule has 0 aromatic heterocycles. The van der Waals surface area contributed by atoms with Crippen molar-refractivity contribution in [3.05, 3.63) is 67.4 Å². The van der Waals surface area contributed by atoms with E-state index in [4.69, 9.17) is 23.2 Å². The third-order valence-corrected chi connectivity index (χ3v) is 4.40. The van der Waals surface area contributed by atoms with Crippen LogP contribution in [0.5, 0.6) is 0 Å². The number of anilines is 1. The number of hydrogen-bond donors (Lipinski definition) is 2. The van der Waals surface area contributed by atoms with E-state index >= 15 is 0 Å². The lowest BCUT2D eigenvalue weighted by atomic mass is 10.1. The molecule has 0 saturated carbocycles. The standard InChI is InChI=1S/C17H16Cl2FN3O3/c1-9-4-3-5-15(23(25)26)17(9)22-16(24)8-21-10(2)11-6-14(20)13(19)7-12(11)18/h3-7,10,21H,8H2,1-2H3,(H,22,24)/t10-/m1/s1. The molecule has 9 heteroatoms. The minimum atomic E-state index is -0.611. The summed E-state index contributed by atoms with van der Waals surface area (Å²) in [5.41, 5.74) is 0.980. The van der Waals surface area contributed by atoms with Gasteiger partial charge in [0.15, 0.2) is 0 Å². The summed E-state index contributed by atoms with van der Waals surface area (Å²) in [4.78, 5) is 22.7. The van der Waals surface area contributed by atoms with Crippen LogP contribution in [-0.4, -0.2) is 17.4 Å². The minimum Gasteiger partial charge on any atom is -0.319 e. The van der Waals surface area contributed by atoms with Gasteiger partial charge in [0.2, 0.25) is 5.91 Å². The number of rotatable bonds is 6. The Hall–Kier alpha value is -2.22. The van der Waals surface area contributed by atoms with Crippen molar-refractivity contribution < 1.29 is 14.1 Å². The number of nitro benzene ring substituents is 1. The van der Waals surface area contributed by atoms with Crippen LogP contribution in [0.25, 0.3) is 0 Å². The third kappa shape index (κ3) is 4.69. The van der Waals surface area contributed by atoms with Crippen molar-refractivity contribution in [1.29, 1.82) is 0 Å². The van der Waals surface area contributed by atoms with Gasteiger partial charge in [0.1, 0.15) is 11.5 Å². The molecular weight excluding hydrogens is 384 g/mol. The number of nitro groups is 1. The van der Waals surface area contributed by atoms with Gasteiger partial charge < -0.3 is 10.6 Å². The van der Waals surface area contributed by atoms with E-state index in [1.54, 1.807) is 26.0 Å². The Morgan fingerprint density at radius 3 is 2.65 bits per heavy atom. The van der Waals surface area contributed by atoms with Gasteiger partial charge in [-0.05, 0) is 37.1 Å². The summed E-state index contributed by atoms with van der Waals surface area (Å²) in [6.45, 7) is 3.22. The Kier molecular flexibility index (Phi) is 6.52. The summed E-state index contributed by atoms with van der Waals surface area (Å²) >= 11 is 11.7. The van der Waals surface area contributed by atoms with Gasteiger partial charge in [0.25, 0.3) is 5.69 Å². The number of carbonyl (C=O) groups is 1. The first kappa shape index (κ1) is 20.1. The molecule has 0 unspecified atom stereocenters. The first-order chi connectivity index (χ1) is 12.2. The van der Waals surface area contributed by atoms with Crippen LogP contribution >= 0.6 is 23.2 Å². The van der Waals surface area contributed by atoms with Gasteiger partial charge in [-0.15, -0.1) is 0 Å². The second-order valence-electron chi connectivity index (χ2n) is 5.66. The molecule has 0 spiro atoms. The second kappa shape index (κ2) is 8.44. The third-order valence-electron chi connectivity index (χ3n) is 3.79. The minimum absolute atomic E-state index is 0.0874. The number of nitrogens with zero attached hydrogens (tertiary/aromatic N) is 1. The summed E-state index contributed by atoms with van der Waals surface area (Å²) in [5.74, 6) is -1.08. The van der Waals surface area contributed by atoms with Crippen LogP contribution in [0.4, 0.5) is 15.8 Å². The van der Waals surface area contributed by atoms with Crippen LogP contribution in [0.2, 0.25) is 10.0 Å². The zero-order valence-electron chi connectivity index (χ0n) is 14.0. The van der Waals surface area contributed by atoms with Crippen LogP contribution in [-0.2, 0) is 4.79 Å². The fourth-order valence-electron chi connectivity index (χ4n) is 2.38. The number of carbonyl (C=O) groups excluding carboxylic acids is 1. The number of amides is 1. The van der Waals surface area contributed by atoms with Gasteiger partial charge >= 0.3 is 0 Å². The quantitative estimate of drug-likeness (QED) is 0.420. The zero-order chi connectivity index (χ0) is 19.4. The van der Waals surface area contributed by atoms with E-state index in [0.29, 0.717) is 11.1 Å². The highest BCUT2D eigenvalue weighted by molar-refractivity contribution is 6.35. The lowest BCUT2D eigenvalue weighted by Crippen LogP contribution is -2.30. The van der Waals surface area contributed by atoms with Crippen molar-refractivity contribution in [3.8, 4) is 0 Å². The van der Waals surface area contributed by atoms with E-state index in [9.17, 15) is 19.3 Å². The van der Waals surface area contributed by atoms with Gasteiger partial charge in [-0.25, -0.2) is 4.39 Å². The summed E-state index contributed by atoms with van der Waals surface area (Å²) in [5, 5.41) is 16.7. The maximum atomic E-state index is 13.6. The van der Waals surface area contributed by atoms with E-state index in [-0.39, 0.29) is 28.0 Å². The van der Waals surface area contributed by atoms with Crippen molar-refractivity contribution in [1.82, 2.24) is 5.32 Å². The molecule has 2 rings (SSSR count). The predicted molar refractivity (Wildman–Crippen MR) is 99.3 cm³/mol. The van der Waals surface area contributed by atoms with Gasteiger partial charge in [0.05, 0.1) is 16.5 Å². The first-order valence-electron chi connectivity index (χ1n) is 7.62. The Balaban J connectivity index is 2.06. The van der Waals surface area contributed by atoms with E-state index in [1.165, 1.54) is 18.2 Å². The van der Waals surface area contributed by atoms with Gasteiger partial charge in [-0.2, -0.15) is 0 Å². The highest BCUT2D eigenvalue weighted by Crippen LogP contribution is 2.29. The number of nitrogens with one attached hydrogen (secondary N) is 2. The topological polar surface area (TPSA) is 84.3 Å². The lowest BCUT2D eigenvalue weighted by Gasteiger charge is -2.16. The highest BCUT2D eigenvalue weighted by atomic mass is 35.5. The lowest BCUT2D eigenvalue weighted by molar-refractivity contribution is -0.384. The van der Waals surface area contributed by atoms with Crippen LogP contribution in [0, 0.1) is 22.9 Å². The molecule has 1 atom stereocenters. The number of hydrogen-bond acceptors (Lipinski definition) is 4. The van der Waals surface area contributed by atoms with Crippen molar-refractivity contribution in [2.45, 2.75) is 19.9 Å². The summed E-state index contributed by atoms with van der Waals surface area (Å²) < 4.78 is 13.6. The number of benzene rings is 2. The maximum absolute atomic E-state index is 13.6. The highest BCUT2D eigenvalue weighted by Gasteiger charge is 2.19. The summed E-state index contributed by atoms with van der Waals surface area (Å²) in [6.07, 6.45) is 0. The molecular formula is C17H16Cl2FN3O3. The molecule has 0 aliphatic rings. The molecule has 0 fully saturated rings. The molecule has 0 aliphatic heterocycles. The molecule has 0 radical (unpaired) electrons. The van der Waals surface area contributed by atoms with Crippen LogP contribution in [0.1, 0.15) is 24.1 Å². The van der Waals surface area contributed by atoms with E-state index in [2.05, 4.69) is 10.6 Å². The van der Waals surface area contributed by atoms with E-state index in [0.717, 1.165) is 0 Å². The van der Waals surface area contributed by atoms with Gasteiger partial charge in [-0.1, -0.05) is 35.3 Å². The van der Waals surface area contributed by atoms with Crippen molar-refractivity contribution in [3.63, 3.8) is 0 Å². The number of para-hydroxylation sites is 1. The van der Waals surface area contributed by atoms with E-state index < -0.39 is 22.7 Å². The Labute approximate surface area is 159 Å². The van der Waals surface area contributed by atoms with Crippen molar-refractivity contribution >= 4 is 40.5 Å². The molecule has 26 heavy (non-hydrogen) atoms. The molecule has 138 valence electrons. The smallest absolute Gasteiger partial charge is 0.293 e. The molecule has 2 N–H and O–H groups in total. The monoisotopic (exact) mass is 399 g/mol. The predicted octanol–water partition coefficient (Wildman–Crippen LogP) is 4.64. The molecule has 6 nitrogen and oxygen atoms in total. The van der Waals surface area contributed by atoms with Crippen molar-refractivity contribution in [2.24, 2.45) is 0 Å². The fraction of sp³-hybridized carbons (Fsp3) is 0.235. The molecule has 0 heterocycles. The molecule has 0 bridgehead atoms. The second-order valence-corrected chi connectivity index (χ2v) is 6.48. The molecule has 1 amide bonds. The fourth-order valence-corrected chi connectivity index (χ4v) is 2.92. The molecule has 2 aromatic rings. The van der Waals surface area contributed by atoms with Crippen LogP contribution in [0.3, 0.4) is 0 Å². The number of aryl methyl sites for hydroxylation is 1. The van der Waals surface area contributed by atoms with Crippen molar-refractivity contribution in [2.75, 3.05) is 11.9 Å². The Bertz CT molecular complexity index is 861. The zero-order valence-corrected chi connectivity index (χ0v) is 15.5. The van der Waals surface area contributed by atoms with E-state index in [1.807, 2.05) is 0 Å². The van der Waals surface area contributed by atoms with Crippen LogP contribution < -0.4 is 10.6 Å². The average molecular weight is 400 g/mol. The average Bonchev–Trinajstić information content (AvgIpc) is 2.57. The SMILES string of the molecule is Cc1cccc([N+](=O)[O-])c1NC(=O)CN[C@H](C)c1cc(F)c(Cl)cc1Cl. The van der Waals surface area contributed by atoms with Gasteiger partial charge in [-0.3, -0.25) is 14.9 Å². The van der Waals surface area contributed by atoms with Gasteiger partial charge in [0, 0.05) is 17.1 Å². The Morgan fingerprint density at radius 1 is 1.31 bits per heavy atom. The normalized spacial score (nSPS) is 11.9. The molecule has 0 saturated heterocycles. The molecule has 0 aliphatic carbocycles. The summed E-state index contributed by atoms with van der Waals surface area (Å²) in [6, 6.07) is 6.58. The Morgan fingerprint density at radius 2 is 2.00 bits per heavy atom. The van der Waals surface area contributed by atoms with Crippen LogP contribution in [0.15, 0.2) is 30.3 Å². The maximum Gasteiger partial charge on any atom is 0.293 e. The number of halogens is 3. The summed E-state index contributed by atoms with van der Waals surface area (Å²) in [7, 11) is 0. The first-order valence-corrected chi connectivity index (χ1v) is 8.38. The largest absolute Gasteiger partial charge is 0.319 e.